The molecule has 0 fully saturated rings. The Morgan fingerprint density at radius 2 is 2.19 bits per heavy atom. The van der Waals surface area contributed by atoms with Crippen LogP contribution in [-0.2, 0) is 11.3 Å². The number of fused-ring (bicyclic) bond motifs is 2. The molecule has 0 atom stereocenters. The van der Waals surface area contributed by atoms with Gasteiger partial charge in [0.2, 0.25) is 18.6 Å². The Balaban J connectivity index is 1.31. The molecule has 0 spiro atoms. The number of hydrogen-bond donors (Lipinski definition) is 4. The van der Waals surface area contributed by atoms with E-state index < -0.39 is 0 Å². The summed E-state index contributed by atoms with van der Waals surface area (Å²) < 4.78 is 10.6. The Kier molecular flexibility index (Phi) is 3.99. The van der Waals surface area contributed by atoms with Crippen molar-refractivity contribution in [2.24, 2.45) is 0 Å². The van der Waals surface area contributed by atoms with Crippen LogP contribution in [0.1, 0.15) is 12.0 Å². The van der Waals surface area contributed by atoms with Crippen molar-refractivity contribution in [2.75, 3.05) is 36.0 Å². The predicted molar refractivity (Wildman–Crippen MR) is 94.1 cm³/mol. The molecule has 5 N–H and O–H groups in total. The number of nitrogens with zero attached hydrogens (tertiary/aromatic N) is 2. The van der Waals surface area contributed by atoms with Crippen molar-refractivity contribution in [2.45, 2.75) is 13.0 Å². The van der Waals surface area contributed by atoms with E-state index in [2.05, 4.69) is 20.6 Å². The molecule has 136 valence electrons. The first-order valence-corrected chi connectivity index (χ1v) is 8.14. The highest BCUT2D eigenvalue weighted by Crippen LogP contribution is 2.32. The number of aromatic nitrogens is 2. The number of nitrogens with two attached hydrogens (primary N) is 1. The molecule has 4 rings (SSSR count). The molecule has 0 saturated carbocycles. The summed E-state index contributed by atoms with van der Waals surface area (Å²) in [5.74, 6) is 1.81. The lowest BCUT2D eigenvalue weighted by molar-refractivity contribution is -0.121. The van der Waals surface area contributed by atoms with Gasteiger partial charge in [0.15, 0.2) is 17.3 Å². The van der Waals surface area contributed by atoms with Crippen LogP contribution in [0.3, 0.4) is 0 Å². The fourth-order valence-electron chi connectivity index (χ4n) is 2.88. The molecule has 0 unspecified atom stereocenters. The minimum absolute atomic E-state index is 0.0507. The van der Waals surface area contributed by atoms with E-state index in [9.17, 15) is 9.59 Å². The molecule has 0 saturated heterocycles. The highest BCUT2D eigenvalue weighted by Gasteiger charge is 2.24. The first-order valence-electron chi connectivity index (χ1n) is 8.14. The van der Waals surface area contributed by atoms with E-state index in [0.29, 0.717) is 42.8 Å². The van der Waals surface area contributed by atoms with Crippen molar-refractivity contribution >= 4 is 23.4 Å². The van der Waals surface area contributed by atoms with Crippen LogP contribution in [-0.4, -0.2) is 35.9 Å². The van der Waals surface area contributed by atoms with E-state index in [1.165, 1.54) is 0 Å². The van der Waals surface area contributed by atoms with Crippen LogP contribution in [0.2, 0.25) is 0 Å². The van der Waals surface area contributed by atoms with E-state index in [1.54, 1.807) is 4.90 Å². The summed E-state index contributed by atoms with van der Waals surface area (Å²) in [4.78, 5) is 32.3. The van der Waals surface area contributed by atoms with Crippen LogP contribution in [0.25, 0.3) is 0 Å². The zero-order valence-electron chi connectivity index (χ0n) is 13.9. The maximum atomic E-state index is 12.1. The molecule has 1 aromatic heterocycles. The Bertz CT molecular complexity index is 912. The highest BCUT2D eigenvalue weighted by molar-refractivity contribution is 5.77. The summed E-state index contributed by atoms with van der Waals surface area (Å²) in [6.45, 7) is 1.44. The van der Waals surface area contributed by atoms with Gasteiger partial charge in [0.05, 0.1) is 6.67 Å². The molecule has 10 nitrogen and oxygen atoms in total. The van der Waals surface area contributed by atoms with Gasteiger partial charge in [-0.25, -0.2) is 0 Å². The van der Waals surface area contributed by atoms with E-state index in [4.69, 9.17) is 15.2 Å². The van der Waals surface area contributed by atoms with Gasteiger partial charge < -0.3 is 30.7 Å². The van der Waals surface area contributed by atoms with Gasteiger partial charge in [-0.2, -0.15) is 4.98 Å². The molecule has 0 bridgehead atoms. The van der Waals surface area contributed by atoms with Gasteiger partial charge in [-0.05, 0) is 17.7 Å². The summed E-state index contributed by atoms with van der Waals surface area (Å²) in [6, 6.07) is 5.56. The van der Waals surface area contributed by atoms with Crippen molar-refractivity contribution in [3.63, 3.8) is 0 Å². The number of amides is 1. The van der Waals surface area contributed by atoms with Crippen LogP contribution in [0.5, 0.6) is 11.5 Å². The molecule has 0 aliphatic carbocycles. The summed E-state index contributed by atoms with van der Waals surface area (Å²) in [7, 11) is 0. The largest absolute Gasteiger partial charge is 0.454 e. The Morgan fingerprint density at radius 1 is 1.35 bits per heavy atom. The summed E-state index contributed by atoms with van der Waals surface area (Å²) in [5.41, 5.74) is 6.57. The van der Waals surface area contributed by atoms with Gasteiger partial charge in [0.1, 0.15) is 5.69 Å². The first-order chi connectivity index (χ1) is 12.6. The fourth-order valence-corrected chi connectivity index (χ4v) is 2.88. The number of anilines is 3. The number of aromatic amines is 1. The Morgan fingerprint density at radius 3 is 3.08 bits per heavy atom. The molecule has 0 radical (unpaired) electrons. The highest BCUT2D eigenvalue weighted by atomic mass is 16.7. The summed E-state index contributed by atoms with van der Waals surface area (Å²) in [6.07, 6.45) is 0.264. The van der Waals surface area contributed by atoms with E-state index >= 15 is 0 Å². The molecule has 2 aliphatic rings. The second kappa shape index (κ2) is 6.47. The molecular formula is C16H18N6O4. The number of carbonyl (C=O) groups excluding carboxylic acids is 1. The van der Waals surface area contributed by atoms with Crippen molar-refractivity contribution in [1.82, 2.24) is 15.3 Å². The number of nitrogens with one attached hydrogen (secondary N) is 3. The van der Waals surface area contributed by atoms with Gasteiger partial charge in [-0.3, -0.25) is 14.6 Å². The van der Waals surface area contributed by atoms with Crippen LogP contribution in [0.4, 0.5) is 17.5 Å². The Hall–Kier alpha value is -3.43. The summed E-state index contributed by atoms with van der Waals surface area (Å²) in [5, 5.41) is 5.82. The molecule has 1 amide bonds. The standard InChI is InChI=1S/C16H18N6O4/c17-16-20-14-13(15(24)21-16)19-7-22(14)4-3-12(23)18-6-9-1-2-10-11(5-9)26-8-25-10/h1-2,5,19H,3-4,6-8H2,(H,18,23)(H3,17,20,21,24). The molecule has 26 heavy (non-hydrogen) atoms. The predicted octanol–water partition coefficient (Wildman–Crippen LogP) is -0.0233. The maximum Gasteiger partial charge on any atom is 0.277 e. The van der Waals surface area contributed by atoms with Crippen molar-refractivity contribution in [3.8, 4) is 11.5 Å². The zero-order valence-corrected chi connectivity index (χ0v) is 13.9. The fraction of sp³-hybridized carbons (Fsp3) is 0.312. The second-order valence-electron chi connectivity index (χ2n) is 5.96. The average molecular weight is 358 g/mol. The third-order valence-corrected chi connectivity index (χ3v) is 4.20. The SMILES string of the molecule is Nc1nc2c(c(=O)[nH]1)NCN2CCC(=O)NCc1ccc2c(c1)OCO2. The molecule has 2 aliphatic heterocycles. The monoisotopic (exact) mass is 358 g/mol. The van der Waals surface area contributed by atoms with Crippen molar-refractivity contribution < 1.29 is 14.3 Å². The lowest BCUT2D eigenvalue weighted by atomic mass is 10.2. The van der Waals surface area contributed by atoms with Crippen LogP contribution in [0, 0.1) is 0 Å². The van der Waals surface area contributed by atoms with Gasteiger partial charge in [0, 0.05) is 19.5 Å². The summed E-state index contributed by atoms with van der Waals surface area (Å²) >= 11 is 0. The number of nitrogen functional groups attached to an aromatic ring is 1. The van der Waals surface area contributed by atoms with Crippen molar-refractivity contribution in [1.29, 1.82) is 0 Å². The average Bonchev–Trinajstić information content (AvgIpc) is 3.24. The molecule has 1 aromatic carbocycles. The molecule has 2 aromatic rings. The van der Waals surface area contributed by atoms with Gasteiger partial charge >= 0.3 is 0 Å². The zero-order chi connectivity index (χ0) is 18.1. The van der Waals surface area contributed by atoms with Crippen LogP contribution in [0.15, 0.2) is 23.0 Å². The van der Waals surface area contributed by atoms with Crippen LogP contribution < -0.4 is 36.3 Å². The van der Waals surface area contributed by atoms with E-state index in [0.717, 1.165) is 5.56 Å². The third-order valence-electron chi connectivity index (χ3n) is 4.20. The van der Waals surface area contributed by atoms with E-state index in [1.807, 2.05) is 18.2 Å². The lowest BCUT2D eigenvalue weighted by Gasteiger charge is -2.16. The van der Waals surface area contributed by atoms with Gasteiger partial charge in [-0.1, -0.05) is 6.07 Å². The number of ether oxygens (including phenoxy) is 2. The molecular weight excluding hydrogens is 340 g/mol. The second-order valence-corrected chi connectivity index (χ2v) is 5.96. The lowest BCUT2D eigenvalue weighted by Crippen LogP contribution is -2.31. The third kappa shape index (κ3) is 3.08. The normalized spacial score (nSPS) is 14.1. The van der Waals surface area contributed by atoms with E-state index in [-0.39, 0.29) is 30.6 Å². The minimum atomic E-state index is -0.317. The first kappa shape index (κ1) is 16.1. The number of benzene rings is 1. The van der Waals surface area contributed by atoms with Crippen molar-refractivity contribution in [3.05, 3.63) is 34.1 Å². The van der Waals surface area contributed by atoms with Gasteiger partial charge in [0.25, 0.3) is 5.56 Å². The number of hydrogen-bond acceptors (Lipinski definition) is 8. The number of carbonyl (C=O) groups is 1. The molecule has 10 heteroatoms. The van der Waals surface area contributed by atoms with Gasteiger partial charge in [-0.15, -0.1) is 0 Å². The topological polar surface area (TPSA) is 135 Å². The number of H-pyrrole nitrogens is 1. The maximum absolute atomic E-state index is 12.1. The quantitative estimate of drug-likeness (QED) is 0.586. The van der Waals surface area contributed by atoms with Crippen LogP contribution >= 0.6 is 0 Å². The molecule has 3 heterocycles. The minimum Gasteiger partial charge on any atom is -0.454 e. The Labute approximate surface area is 148 Å². The smallest absolute Gasteiger partial charge is 0.277 e. The number of rotatable bonds is 5.